The molecule has 0 radical (unpaired) electrons. The molecule has 6 nitrogen and oxygen atoms in total. The highest BCUT2D eigenvalue weighted by Gasteiger charge is 2.31. The molecule has 1 fully saturated rings. The molecule has 0 unspecified atom stereocenters. The molecule has 150 valence electrons. The van der Waals surface area contributed by atoms with E-state index in [1.54, 1.807) is 31.2 Å². The van der Waals surface area contributed by atoms with E-state index >= 15 is 0 Å². The number of amides is 1. The summed E-state index contributed by atoms with van der Waals surface area (Å²) >= 11 is 0. The number of nitrogens with zero attached hydrogens (tertiary/aromatic N) is 2. The minimum absolute atomic E-state index is 0.207. The van der Waals surface area contributed by atoms with Crippen LogP contribution in [0.2, 0.25) is 0 Å². The first-order valence-electron chi connectivity index (χ1n) is 9.15. The van der Waals surface area contributed by atoms with Crippen molar-refractivity contribution in [3.8, 4) is 0 Å². The van der Waals surface area contributed by atoms with Crippen molar-refractivity contribution in [1.82, 2.24) is 9.21 Å². The Labute approximate surface area is 165 Å². The van der Waals surface area contributed by atoms with Crippen LogP contribution in [-0.2, 0) is 14.8 Å². The molecule has 1 aliphatic heterocycles. The maximum Gasteiger partial charge on any atom is 0.243 e. The zero-order valence-corrected chi connectivity index (χ0v) is 16.7. The predicted molar refractivity (Wildman–Crippen MR) is 106 cm³/mol. The molecule has 1 saturated heterocycles. The normalized spacial score (nSPS) is 17.2. The first-order valence-corrected chi connectivity index (χ1v) is 10.6. The first kappa shape index (κ1) is 20.4. The fourth-order valence-electron chi connectivity index (χ4n) is 3.14. The van der Waals surface area contributed by atoms with E-state index < -0.39 is 16.1 Å². The highest BCUT2D eigenvalue weighted by molar-refractivity contribution is 7.89. The van der Waals surface area contributed by atoms with Gasteiger partial charge in [0.1, 0.15) is 5.82 Å². The van der Waals surface area contributed by atoms with E-state index in [-0.39, 0.29) is 16.6 Å². The van der Waals surface area contributed by atoms with E-state index in [4.69, 9.17) is 0 Å². The van der Waals surface area contributed by atoms with E-state index in [0.717, 1.165) is 5.56 Å². The van der Waals surface area contributed by atoms with Gasteiger partial charge < -0.3 is 5.32 Å². The largest absolute Gasteiger partial charge is 0.325 e. The molecule has 3 rings (SSSR count). The summed E-state index contributed by atoms with van der Waals surface area (Å²) in [6.45, 7) is 5.26. The number of hydrogen-bond acceptors (Lipinski definition) is 4. The predicted octanol–water partition coefficient (Wildman–Crippen LogP) is 2.47. The van der Waals surface area contributed by atoms with E-state index in [0.29, 0.717) is 31.9 Å². The van der Waals surface area contributed by atoms with Crippen molar-refractivity contribution >= 4 is 21.6 Å². The Morgan fingerprint density at radius 3 is 2.14 bits per heavy atom. The quantitative estimate of drug-likeness (QED) is 0.830. The first-order chi connectivity index (χ1) is 13.3. The van der Waals surface area contributed by atoms with Crippen LogP contribution >= 0.6 is 0 Å². The number of hydrogen-bond donors (Lipinski definition) is 1. The number of aryl methyl sites for hydroxylation is 1. The number of sulfonamides is 1. The second kappa shape index (κ2) is 8.38. The highest BCUT2D eigenvalue weighted by Crippen LogP contribution is 2.19. The second-order valence-electron chi connectivity index (χ2n) is 6.93. The van der Waals surface area contributed by atoms with Crippen LogP contribution in [0, 0.1) is 12.7 Å². The van der Waals surface area contributed by atoms with Gasteiger partial charge in [0, 0.05) is 31.9 Å². The van der Waals surface area contributed by atoms with Crippen molar-refractivity contribution < 1.29 is 17.6 Å². The van der Waals surface area contributed by atoms with Gasteiger partial charge in [0.15, 0.2) is 0 Å². The molecule has 1 amide bonds. The second-order valence-corrected chi connectivity index (χ2v) is 8.86. The van der Waals surface area contributed by atoms with Crippen LogP contribution in [0.5, 0.6) is 0 Å². The van der Waals surface area contributed by atoms with Crippen LogP contribution in [0.3, 0.4) is 0 Å². The number of rotatable bonds is 5. The van der Waals surface area contributed by atoms with Crippen molar-refractivity contribution in [3.05, 3.63) is 59.9 Å². The Balaban J connectivity index is 1.58. The maximum atomic E-state index is 13.0. The SMILES string of the molecule is Cc1ccc(S(=O)(=O)N2CCN([C@H](C)C(=O)Nc3ccc(F)cc3)CC2)cc1. The minimum atomic E-state index is -3.53. The van der Waals surface area contributed by atoms with Gasteiger partial charge in [-0.1, -0.05) is 17.7 Å². The van der Waals surface area contributed by atoms with E-state index in [1.807, 2.05) is 11.8 Å². The lowest BCUT2D eigenvalue weighted by atomic mass is 10.2. The zero-order chi connectivity index (χ0) is 20.3. The Hall–Kier alpha value is -2.29. The molecular weight excluding hydrogens is 381 g/mol. The molecule has 2 aromatic carbocycles. The summed E-state index contributed by atoms with van der Waals surface area (Å²) in [5, 5.41) is 2.76. The summed E-state index contributed by atoms with van der Waals surface area (Å²) in [5.74, 6) is -0.571. The average molecular weight is 405 g/mol. The number of carbonyl (C=O) groups is 1. The monoisotopic (exact) mass is 405 g/mol. The lowest BCUT2D eigenvalue weighted by molar-refractivity contribution is -0.121. The Morgan fingerprint density at radius 1 is 1.00 bits per heavy atom. The summed E-state index contributed by atoms with van der Waals surface area (Å²) in [6.07, 6.45) is 0. The van der Waals surface area contributed by atoms with Crippen molar-refractivity contribution in [1.29, 1.82) is 0 Å². The zero-order valence-electron chi connectivity index (χ0n) is 15.9. The molecule has 0 saturated carbocycles. The standard InChI is InChI=1S/C20H24FN3O3S/c1-15-3-9-19(10-4-15)28(26,27)24-13-11-23(12-14-24)16(2)20(25)22-18-7-5-17(21)6-8-18/h3-10,16H,11-14H2,1-2H3,(H,22,25)/t16-/m1/s1. The summed E-state index contributed by atoms with van der Waals surface area (Å²) in [4.78, 5) is 14.7. The summed E-state index contributed by atoms with van der Waals surface area (Å²) in [5.41, 5.74) is 1.53. The summed E-state index contributed by atoms with van der Waals surface area (Å²) < 4.78 is 40.0. The fourth-order valence-corrected chi connectivity index (χ4v) is 4.56. The number of benzene rings is 2. The van der Waals surface area contributed by atoms with Gasteiger partial charge in [-0.15, -0.1) is 0 Å². The van der Waals surface area contributed by atoms with Gasteiger partial charge in [0.2, 0.25) is 15.9 Å². The van der Waals surface area contributed by atoms with Crippen molar-refractivity contribution in [2.45, 2.75) is 24.8 Å². The molecule has 0 aromatic heterocycles. The topological polar surface area (TPSA) is 69.7 Å². The molecule has 1 heterocycles. The molecule has 0 spiro atoms. The Morgan fingerprint density at radius 2 is 1.57 bits per heavy atom. The molecule has 8 heteroatoms. The third-order valence-corrected chi connectivity index (χ3v) is 6.88. The third kappa shape index (κ3) is 4.57. The third-order valence-electron chi connectivity index (χ3n) is 4.97. The summed E-state index contributed by atoms with van der Waals surface area (Å²) in [6, 6.07) is 12.0. The smallest absolute Gasteiger partial charge is 0.243 e. The summed E-state index contributed by atoms with van der Waals surface area (Å²) in [7, 11) is -3.53. The van der Waals surface area contributed by atoms with Crippen LogP contribution in [-0.4, -0.2) is 55.8 Å². The van der Waals surface area contributed by atoms with Crippen LogP contribution < -0.4 is 5.32 Å². The van der Waals surface area contributed by atoms with Gasteiger partial charge in [-0.25, -0.2) is 12.8 Å². The fraction of sp³-hybridized carbons (Fsp3) is 0.350. The van der Waals surface area contributed by atoms with Gasteiger partial charge in [-0.2, -0.15) is 4.31 Å². The molecule has 1 N–H and O–H groups in total. The molecule has 0 aliphatic carbocycles. The van der Waals surface area contributed by atoms with Crippen molar-refractivity contribution in [3.63, 3.8) is 0 Å². The molecule has 0 bridgehead atoms. The molecule has 28 heavy (non-hydrogen) atoms. The van der Waals surface area contributed by atoms with Gasteiger partial charge in [0.05, 0.1) is 10.9 Å². The number of carbonyl (C=O) groups excluding carboxylic acids is 1. The van der Waals surface area contributed by atoms with Gasteiger partial charge >= 0.3 is 0 Å². The van der Waals surface area contributed by atoms with E-state index in [9.17, 15) is 17.6 Å². The van der Waals surface area contributed by atoms with Crippen LogP contribution in [0.15, 0.2) is 53.4 Å². The van der Waals surface area contributed by atoms with Crippen LogP contribution in [0.25, 0.3) is 0 Å². The number of piperazine rings is 1. The molecule has 1 atom stereocenters. The average Bonchev–Trinajstić information content (AvgIpc) is 2.69. The Bertz CT molecular complexity index is 922. The lowest BCUT2D eigenvalue weighted by Gasteiger charge is -2.36. The van der Waals surface area contributed by atoms with Gasteiger partial charge in [0.25, 0.3) is 0 Å². The number of nitrogens with one attached hydrogen (secondary N) is 1. The number of anilines is 1. The van der Waals surface area contributed by atoms with E-state index in [2.05, 4.69) is 5.32 Å². The van der Waals surface area contributed by atoms with Crippen LogP contribution in [0.4, 0.5) is 10.1 Å². The van der Waals surface area contributed by atoms with Gasteiger partial charge in [-0.05, 0) is 50.2 Å². The molecule has 2 aromatic rings. The van der Waals surface area contributed by atoms with E-state index in [1.165, 1.54) is 28.6 Å². The van der Waals surface area contributed by atoms with Crippen molar-refractivity contribution in [2.24, 2.45) is 0 Å². The molecule has 1 aliphatic rings. The molecular formula is C20H24FN3O3S. The lowest BCUT2D eigenvalue weighted by Crippen LogP contribution is -2.53. The Kier molecular flexibility index (Phi) is 6.12. The number of halogens is 1. The maximum absolute atomic E-state index is 13.0. The van der Waals surface area contributed by atoms with Gasteiger partial charge in [-0.3, -0.25) is 9.69 Å². The minimum Gasteiger partial charge on any atom is -0.325 e. The van der Waals surface area contributed by atoms with Crippen molar-refractivity contribution in [2.75, 3.05) is 31.5 Å². The highest BCUT2D eigenvalue weighted by atomic mass is 32.2. The van der Waals surface area contributed by atoms with Crippen LogP contribution in [0.1, 0.15) is 12.5 Å².